The van der Waals surface area contributed by atoms with E-state index in [4.69, 9.17) is 15.2 Å². The molecule has 1 aromatic carbocycles. The number of carboxylic acid groups (broad SMARTS) is 1. The molecule has 4 amide bonds. The summed E-state index contributed by atoms with van der Waals surface area (Å²) in [6.45, 7) is 4.00. The lowest BCUT2D eigenvalue weighted by atomic mass is 10.2. The van der Waals surface area contributed by atoms with Crippen molar-refractivity contribution in [3.8, 4) is 0 Å². The van der Waals surface area contributed by atoms with Gasteiger partial charge in [0, 0.05) is 26.1 Å². The van der Waals surface area contributed by atoms with Crippen LogP contribution in [0.4, 0.5) is 21.4 Å². The van der Waals surface area contributed by atoms with Crippen LogP contribution >= 0.6 is 0 Å². The minimum absolute atomic E-state index is 0.0145. The molecule has 2 aromatic heterocycles. The zero-order chi connectivity index (χ0) is 32.3. The lowest BCUT2D eigenvalue weighted by Gasteiger charge is -2.23. The third-order valence-corrected chi connectivity index (χ3v) is 5.61. The molecule has 44 heavy (non-hydrogen) atoms. The van der Waals surface area contributed by atoms with E-state index in [9.17, 15) is 29.1 Å². The van der Waals surface area contributed by atoms with Crippen LogP contribution in [0, 0.1) is 0 Å². The molecule has 0 aliphatic heterocycles. The molecule has 0 bridgehead atoms. The van der Waals surface area contributed by atoms with Gasteiger partial charge in [0.25, 0.3) is 0 Å². The summed E-state index contributed by atoms with van der Waals surface area (Å²) in [6, 6.07) is 9.11. The van der Waals surface area contributed by atoms with Gasteiger partial charge in [0.1, 0.15) is 25.3 Å². The number of aromatic nitrogens is 4. The molecule has 17 heteroatoms. The number of aliphatic carboxylic acids is 1. The second-order valence-electron chi connectivity index (χ2n) is 10.4. The van der Waals surface area contributed by atoms with Crippen molar-refractivity contribution in [2.45, 2.75) is 45.9 Å². The van der Waals surface area contributed by atoms with Crippen LogP contribution in [-0.2, 0) is 37.0 Å². The second kappa shape index (κ2) is 15.1. The molecule has 0 saturated carbocycles. The summed E-state index contributed by atoms with van der Waals surface area (Å²) in [5, 5.41) is 16.8. The van der Waals surface area contributed by atoms with Crippen molar-refractivity contribution in [3.63, 3.8) is 0 Å². The Balaban J connectivity index is 1.57. The van der Waals surface area contributed by atoms with Gasteiger partial charge in [-0.3, -0.25) is 14.4 Å². The van der Waals surface area contributed by atoms with Gasteiger partial charge in [0.15, 0.2) is 17.0 Å². The molecule has 0 saturated heterocycles. The molecule has 0 atom stereocenters. The Morgan fingerprint density at radius 1 is 1.02 bits per heavy atom. The van der Waals surface area contributed by atoms with E-state index in [1.165, 1.54) is 10.9 Å². The average molecular weight is 614 g/mol. The number of fused-ring (bicyclic) bond motifs is 1. The first kappa shape index (κ1) is 33.0. The van der Waals surface area contributed by atoms with Crippen molar-refractivity contribution in [2.24, 2.45) is 0 Å². The highest BCUT2D eigenvalue weighted by Gasteiger charge is 2.22. The number of carboxylic acids is 1. The second-order valence-corrected chi connectivity index (χ2v) is 10.4. The first-order valence-electron chi connectivity index (χ1n) is 13.5. The van der Waals surface area contributed by atoms with Crippen LogP contribution in [0.25, 0.3) is 11.2 Å². The van der Waals surface area contributed by atoms with Crippen molar-refractivity contribution in [1.29, 1.82) is 0 Å². The number of hydrogen-bond donors (Lipinski definition) is 5. The molecule has 6 N–H and O–H groups in total. The van der Waals surface area contributed by atoms with Crippen molar-refractivity contribution < 1.29 is 38.6 Å². The Labute approximate surface area is 252 Å². The van der Waals surface area contributed by atoms with E-state index >= 15 is 0 Å². The van der Waals surface area contributed by atoms with Gasteiger partial charge in [0.05, 0.1) is 6.33 Å². The van der Waals surface area contributed by atoms with E-state index in [1.54, 1.807) is 20.8 Å². The average Bonchev–Trinajstić information content (AvgIpc) is 3.33. The summed E-state index contributed by atoms with van der Waals surface area (Å²) in [5.74, 6) is -2.59. The molecule has 236 valence electrons. The van der Waals surface area contributed by atoms with Crippen LogP contribution in [0.2, 0.25) is 0 Å². The van der Waals surface area contributed by atoms with Crippen molar-refractivity contribution in [3.05, 3.63) is 42.2 Å². The maximum absolute atomic E-state index is 13.0. The van der Waals surface area contributed by atoms with Gasteiger partial charge < -0.3 is 45.7 Å². The molecule has 0 aliphatic carbocycles. The number of nitrogens with two attached hydrogens (primary N) is 1. The van der Waals surface area contributed by atoms with Gasteiger partial charge in [-0.25, -0.2) is 14.6 Å². The van der Waals surface area contributed by atoms with Crippen molar-refractivity contribution in [2.75, 3.05) is 37.2 Å². The number of carbonyl (C=O) groups is 5. The SMILES string of the molecule is CC(C)(C)OC(=O)NCCN(CC(=O)O)C(=O)Cn1cnc2c(NC(=O)CCNC(=O)OCc3ccccc3)nc(N)nc21. The Hall–Kier alpha value is -5.48. The molecule has 2 heterocycles. The first-order chi connectivity index (χ1) is 20.8. The van der Waals surface area contributed by atoms with Crippen LogP contribution < -0.4 is 21.7 Å². The normalized spacial score (nSPS) is 11.0. The molecule has 0 aliphatic rings. The molecule has 0 fully saturated rings. The third kappa shape index (κ3) is 10.7. The van der Waals surface area contributed by atoms with Crippen LogP contribution in [-0.4, -0.2) is 91.3 Å². The number of hydrogen-bond acceptors (Lipinski definition) is 11. The molecular formula is C27H35N9O8. The minimum atomic E-state index is -1.25. The van der Waals surface area contributed by atoms with Crippen LogP contribution in [0.3, 0.4) is 0 Å². The summed E-state index contributed by atoms with van der Waals surface area (Å²) < 4.78 is 11.6. The largest absolute Gasteiger partial charge is 0.480 e. The fourth-order valence-corrected chi connectivity index (χ4v) is 3.72. The number of benzene rings is 1. The highest BCUT2D eigenvalue weighted by atomic mass is 16.6. The molecule has 3 rings (SSSR count). The monoisotopic (exact) mass is 613 g/mol. The molecule has 17 nitrogen and oxygen atoms in total. The summed E-state index contributed by atoms with van der Waals surface area (Å²) in [6.07, 6.45) is -0.237. The Bertz CT molecular complexity index is 1490. The predicted octanol–water partition coefficient (Wildman–Crippen LogP) is 1.10. The van der Waals surface area contributed by atoms with Gasteiger partial charge in [-0.2, -0.15) is 9.97 Å². The van der Waals surface area contributed by atoms with Crippen LogP contribution in [0.15, 0.2) is 36.7 Å². The number of imidazole rings is 1. The van der Waals surface area contributed by atoms with Crippen molar-refractivity contribution >= 4 is 52.9 Å². The predicted molar refractivity (Wildman–Crippen MR) is 156 cm³/mol. The number of nitrogens with one attached hydrogen (secondary N) is 3. The topological polar surface area (TPSA) is 233 Å². The van der Waals surface area contributed by atoms with Crippen LogP contribution in [0.5, 0.6) is 0 Å². The van der Waals surface area contributed by atoms with E-state index in [2.05, 4.69) is 30.9 Å². The molecule has 0 spiro atoms. The number of ether oxygens (including phenoxy) is 2. The summed E-state index contributed by atoms with van der Waals surface area (Å²) >= 11 is 0. The quantitative estimate of drug-likeness (QED) is 0.182. The fraction of sp³-hybridized carbons (Fsp3) is 0.407. The number of amides is 4. The van der Waals surface area contributed by atoms with Gasteiger partial charge in [-0.15, -0.1) is 0 Å². The van der Waals surface area contributed by atoms with Gasteiger partial charge in [-0.05, 0) is 26.3 Å². The molecule has 0 radical (unpaired) electrons. The summed E-state index contributed by atoms with van der Waals surface area (Å²) in [4.78, 5) is 74.1. The van der Waals surface area contributed by atoms with E-state index in [0.29, 0.717) is 0 Å². The number of carbonyl (C=O) groups excluding carboxylic acids is 4. The Kier molecular flexibility index (Phi) is 11.4. The summed E-state index contributed by atoms with van der Waals surface area (Å²) in [7, 11) is 0. The number of rotatable bonds is 13. The molecular weight excluding hydrogens is 578 g/mol. The highest BCUT2D eigenvalue weighted by molar-refractivity contribution is 5.97. The minimum Gasteiger partial charge on any atom is -0.480 e. The van der Waals surface area contributed by atoms with E-state index in [-0.39, 0.29) is 62.1 Å². The number of alkyl carbamates (subject to hydrolysis) is 2. The van der Waals surface area contributed by atoms with Crippen molar-refractivity contribution in [1.82, 2.24) is 35.1 Å². The number of anilines is 2. The first-order valence-corrected chi connectivity index (χ1v) is 13.5. The smallest absolute Gasteiger partial charge is 0.407 e. The maximum atomic E-state index is 13.0. The van der Waals surface area contributed by atoms with Gasteiger partial charge in [0.2, 0.25) is 17.8 Å². The third-order valence-electron chi connectivity index (χ3n) is 5.61. The molecule has 0 unspecified atom stereocenters. The van der Waals surface area contributed by atoms with Gasteiger partial charge in [-0.1, -0.05) is 30.3 Å². The van der Waals surface area contributed by atoms with E-state index < -0.39 is 42.1 Å². The zero-order valence-electron chi connectivity index (χ0n) is 24.5. The van der Waals surface area contributed by atoms with E-state index in [1.807, 2.05) is 30.3 Å². The zero-order valence-corrected chi connectivity index (χ0v) is 24.5. The summed E-state index contributed by atoms with van der Waals surface area (Å²) in [5.41, 5.74) is 6.17. The Morgan fingerprint density at radius 2 is 1.73 bits per heavy atom. The lowest BCUT2D eigenvalue weighted by Crippen LogP contribution is -2.43. The Morgan fingerprint density at radius 3 is 2.41 bits per heavy atom. The standard InChI is InChI=1S/C27H35N9O8/c1-27(2,3)44-26(42)30-11-12-35(14-20(39)40)19(38)13-36-16-31-21-22(33-24(28)34-23(21)36)32-18(37)9-10-29-25(41)43-15-17-7-5-4-6-8-17/h4-8,16H,9-15H2,1-3H3,(H,29,41)(H,30,42)(H,39,40)(H3,28,32,33,34,37). The van der Waals surface area contributed by atoms with E-state index in [0.717, 1.165) is 10.5 Å². The number of nitrogens with zero attached hydrogens (tertiary/aromatic N) is 5. The highest BCUT2D eigenvalue weighted by Crippen LogP contribution is 2.20. The lowest BCUT2D eigenvalue weighted by molar-refractivity contribution is -0.144. The number of nitrogen functional groups attached to an aromatic ring is 1. The fourth-order valence-electron chi connectivity index (χ4n) is 3.72. The molecule has 3 aromatic rings. The van der Waals surface area contributed by atoms with Gasteiger partial charge >= 0.3 is 18.2 Å². The maximum Gasteiger partial charge on any atom is 0.407 e. The van der Waals surface area contributed by atoms with Crippen LogP contribution in [0.1, 0.15) is 32.8 Å².